The van der Waals surface area contributed by atoms with Crippen LogP contribution in [-0.4, -0.2) is 54.1 Å². The predicted octanol–water partition coefficient (Wildman–Crippen LogP) is 0.772. The van der Waals surface area contributed by atoms with Crippen molar-refractivity contribution >= 4 is 27.4 Å². The van der Waals surface area contributed by atoms with Gasteiger partial charge in [-0.05, 0) is 11.4 Å². The van der Waals surface area contributed by atoms with Crippen LogP contribution in [0.1, 0.15) is 0 Å². The Balaban J connectivity index is 1.78. The molecular weight excluding hydrogens is 246 g/mol. The number of piperazine rings is 1. The van der Waals surface area contributed by atoms with Crippen LogP contribution in [0.3, 0.4) is 0 Å². The van der Waals surface area contributed by atoms with Crippen molar-refractivity contribution in [2.75, 3.05) is 44.2 Å². The van der Waals surface area contributed by atoms with Crippen molar-refractivity contribution in [3.63, 3.8) is 0 Å². The van der Waals surface area contributed by atoms with E-state index in [9.17, 15) is 0 Å². The van der Waals surface area contributed by atoms with Gasteiger partial charge in [0.15, 0.2) is 0 Å². The fourth-order valence-electron chi connectivity index (χ4n) is 2.39. The lowest BCUT2D eigenvalue weighted by atomic mass is 10.2. The highest BCUT2D eigenvalue weighted by Crippen LogP contribution is 2.27. The van der Waals surface area contributed by atoms with Crippen molar-refractivity contribution < 1.29 is 0 Å². The Labute approximate surface area is 110 Å². The second kappa shape index (κ2) is 5.17. The Kier molecular flexibility index (Phi) is 3.40. The zero-order valence-corrected chi connectivity index (χ0v) is 11.1. The molecule has 1 aliphatic heterocycles. The fraction of sp³-hybridized carbons (Fsp3) is 0.500. The largest absolute Gasteiger partial charge is 0.353 e. The van der Waals surface area contributed by atoms with E-state index in [-0.39, 0.29) is 0 Å². The Morgan fingerprint density at radius 1 is 1.22 bits per heavy atom. The molecular formula is C12H17N5S. The quantitative estimate of drug-likeness (QED) is 0.886. The highest BCUT2D eigenvalue weighted by atomic mass is 32.1. The third kappa shape index (κ3) is 2.19. The normalized spacial score (nSPS) is 17.5. The molecule has 3 rings (SSSR count). The number of hydrogen-bond donors (Lipinski definition) is 1. The van der Waals surface area contributed by atoms with Crippen molar-refractivity contribution in [3.8, 4) is 0 Å². The number of nitrogens with two attached hydrogens (primary N) is 1. The van der Waals surface area contributed by atoms with E-state index in [1.165, 1.54) is 5.39 Å². The summed E-state index contributed by atoms with van der Waals surface area (Å²) >= 11 is 1.67. The van der Waals surface area contributed by atoms with Gasteiger partial charge in [-0.15, -0.1) is 11.3 Å². The molecule has 1 aliphatic rings. The molecule has 2 aromatic rings. The standard InChI is InChI=1S/C12H17N5S/c13-2-3-16-4-6-17(7-5-16)11-10-1-8-18-12(10)15-9-14-11/h1,8-9H,2-7,13H2. The number of hydrogen-bond acceptors (Lipinski definition) is 6. The van der Waals surface area contributed by atoms with Gasteiger partial charge >= 0.3 is 0 Å². The lowest BCUT2D eigenvalue weighted by Gasteiger charge is -2.35. The lowest BCUT2D eigenvalue weighted by Crippen LogP contribution is -2.48. The first-order chi connectivity index (χ1) is 8.88. The van der Waals surface area contributed by atoms with Crippen LogP contribution >= 0.6 is 11.3 Å². The van der Waals surface area contributed by atoms with Crippen LogP contribution < -0.4 is 10.6 Å². The molecule has 0 atom stereocenters. The SMILES string of the molecule is NCCN1CCN(c2ncnc3sccc23)CC1. The molecule has 0 amide bonds. The molecule has 0 bridgehead atoms. The van der Waals surface area contributed by atoms with Crippen LogP contribution in [0.15, 0.2) is 17.8 Å². The Bertz CT molecular complexity index is 518. The summed E-state index contributed by atoms with van der Waals surface area (Å²) in [5, 5.41) is 3.25. The summed E-state index contributed by atoms with van der Waals surface area (Å²) in [6.07, 6.45) is 1.67. The van der Waals surface area contributed by atoms with Crippen LogP contribution in [0.5, 0.6) is 0 Å². The third-order valence-corrected chi connectivity index (χ3v) is 4.18. The van der Waals surface area contributed by atoms with E-state index in [1.807, 2.05) is 0 Å². The molecule has 5 nitrogen and oxygen atoms in total. The van der Waals surface area contributed by atoms with Crippen LogP contribution in [-0.2, 0) is 0 Å². The molecule has 0 unspecified atom stereocenters. The molecule has 0 saturated carbocycles. The maximum Gasteiger partial charge on any atom is 0.140 e. The minimum absolute atomic E-state index is 0.738. The fourth-order valence-corrected chi connectivity index (χ4v) is 3.12. The molecule has 0 aliphatic carbocycles. The molecule has 3 heterocycles. The molecule has 2 aromatic heterocycles. The molecule has 96 valence electrons. The number of fused-ring (bicyclic) bond motifs is 1. The van der Waals surface area contributed by atoms with E-state index in [4.69, 9.17) is 5.73 Å². The van der Waals surface area contributed by atoms with Crippen molar-refractivity contribution in [2.24, 2.45) is 5.73 Å². The van der Waals surface area contributed by atoms with Gasteiger partial charge < -0.3 is 10.6 Å². The zero-order chi connectivity index (χ0) is 12.4. The van der Waals surface area contributed by atoms with Gasteiger partial charge in [-0.2, -0.15) is 0 Å². The highest BCUT2D eigenvalue weighted by Gasteiger charge is 2.19. The number of thiophene rings is 1. The number of nitrogens with zero attached hydrogens (tertiary/aromatic N) is 4. The Hall–Kier alpha value is -1.24. The van der Waals surface area contributed by atoms with Crippen LogP contribution in [0.4, 0.5) is 5.82 Å². The zero-order valence-electron chi connectivity index (χ0n) is 10.2. The van der Waals surface area contributed by atoms with Crippen LogP contribution in [0.25, 0.3) is 10.2 Å². The summed E-state index contributed by atoms with van der Waals surface area (Å²) in [5.74, 6) is 1.08. The summed E-state index contributed by atoms with van der Waals surface area (Å²) in [6, 6.07) is 2.11. The number of aromatic nitrogens is 2. The van der Waals surface area contributed by atoms with Crippen molar-refractivity contribution in [1.29, 1.82) is 0 Å². The second-order valence-electron chi connectivity index (χ2n) is 4.45. The van der Waals surface area contributed by atoms with E-state index in [2.05, 4.69) is 31.2 Å². The molecule has 0 aromatic carbocycles. The van der Waals surface area contributed by atoms with Gasteiger partial charge in [-0.1, -0.05) is 0 Å². The summed E-state index contributed by atoms with van der Waals surface area (Å²) in [4.78, 5) is 14.6. The van der Waals surface area contributed by atoms with E-state index < -0.39 is 0 Å². The van der Waals surface area contributed by atoms with Crippen molar-refractivity contribution in [1.82, 2.24) is 14.9 Å². The first-order valence-corrected chi connectivity index (χ1v) is 7.12. The van der Waals surface area contributed by atoms with Gasteiger partial charge in [0.1, 0.15) is 17.0 Å². The predicted molar refractivity (Wildman–Crippen MR) is 75.1 cm³/mol. The first kappa shape index (κ1) is 11.8. The minimum atomic E-state index is 0.738. The van der Waals surface area contributed by atoms with E-state index in [0.29, 0.717) is 0 Å². The van der Waals surface area contributed by atoms with Gasteiger partial charge in [0.2, 0.25) is 0 Å². The third-order valence-electron chi connectivity index (χ3n) is 3.36. The molecule has 2 N–H and O–H groups in total. The molecule has 1 fully saturated rings. The summed E-state index contributed by atoms with van der Waals surface area (Å²) in [5.41, 5.74) is 5.59. The number of rotatable bonds is 3. The monoisotopic (exact) mass is 263 g/mol. The molecule has 0 spiro atoms. The van der Waals surface area contributed by atoms with Gasteiger partial charge in [-0.25, -0.2) is 9.97 Å². The van der Waals surface area contributed by atoms with E-state index >= 15 is 0 Å². The van der Waals surface area contributed by atoms with Crippen molar-refractivity contribution in [2.45, 2.75) is 0 Å². The minimum Gasteiger partial charge on any atom is -0.353 e. The van der Waals surface area contributed by atoms with Crippen LogP contribution in [0, 0.1) is 0 Å². The molecule has 1 saturated heterocycles. The molecule has 6 heteroatoms. The average Bonchev–Trinajstić information content (AvgIpc) is 2.88. The van der Waals surface area contributed by atoms with Crippen LogP contribution in [0.2, 0.25) is 0 Å². The van der Waals surface area contributed by atoms with E-state index in [0.717, 1.165) is 49.9 Å². The van der Waals surface area contributed by atoms with Gasteiger partial charge in [0.05, 0.1) is 5.39 Å². The van der Waals surface area contributed by atoms with Gasteiger partial charge in [-0.3, -0.25) is 4.90 Å². The van der Waals surface area contributed by atoms with E-state index in [1.54, 1.807) is 17.7 Å². The summed E-state index contributed by atoms with van der Waals surface area (Å²) < 4.78 is 0. The highest BCUT2D eigenvalue weighted by molar-refractivity contribution is 7.16. The maximum absolute atomic E-state index is 5.59. The maximum atomic E-state index is 5.59. The second-order valence-corrected chi connectivity index (χ2v) is 5.35. The smallest absolute Gasteiger partial charge is 0.140 e. The van der Waals surface area contributed by atoms with Gasteiger partial charge in [0.25, 0.3) is 0 Å². The first-order valence-electron chi connectivity index (χ1n) is 6.24. The Morgan fingerprint density at radius 2 is 2.06 bits per heavy atom. The molecule has 18 heavy (non-hydrogen) atoms. The lowest BCUT2D eigenvalue weighted by molar-refractivity contribution is 0.264. The Morgan fingerprint density at radius 3 is 2.83 bits per heavy atom. The number of anilines is 1. The van der Waals surface area contributed by atoms with Crippen molar-refractivity contribution in [3.05, 3.63) is 17.8 Å². The topological polar surface area (TPSA) is 58.3 Å². The molecule has 0 radical (unpaired) electrons. The van der Waals surface area contributed by atoms with Gasteiger partial charge in [0, 0.05) is 39.3 Å². The average molecular weight is 263 g/mol. The summed E-state index contributed by atoms with van der Waals surface area (Å²) in [7, 11) is 0. The summed E-state index contributed by atoms with van der Waals surface area (Å²) in [6.45, 7) is 5.89.